The van der Waals surface area contributed by atoms with E-state index in [9.17, 15) is 9.59 Å². The van der Waals surface area contributed by atoms with E-state index in [-0.39, 0.29) is 11.7 Å². The molecule has 43 valence electrons. The molecule has 4 heteroatoms. The number of nitrogens with one attached hydrogen (secondary N) is 1. The van der Waals surface area contributed by atoms with Crippen LogP contribution in [0.3, 0.4) is 0 Å². The van der Waals surface area contributed by atoms with Crippen LogP contribution in [0.4, 0.5) is 0 Å². The van der Waals surface area contributed by atoms with Crippen LogP contribution in [-0.2, 0) is 9.59 Å². The zero-order chi connectivity index (χ0) is 5.98. The highest BCUT2D eigenvalue weighted by Gasteiger charge is 2.15. The molecule has 1 aliphatic heterocycles. The number of amides is 1. The van der Waals surface area contributed by atoms with Crippen LogP contribution in [0.15, 0.2) is 0 Å². The molecule has 8 heavy (non-hydrogen) atoms. The summed E-state index contributed by atoms with van der Waals surface area (Å²) in [6.45, 7) is 0. The zero-order valence-corrected chi connectivity index (χ0v) is 4.83. The summed E-state index contributed by atoms with van der Waals surface area (Å²) < 4.78 is 2.41. The van der Waals surface area contributed by atoms with E-state index in [1.165, 1.54) is 0 Å². The summed E-state index contributed by atoms with van der Waals surface area (Å²) in [6.07, 6.45) is 1.07. The molecule has 0 aromatic heterocycles. The minimum Gasteiger partial charge on any atom is -0.299 e. The number of carbonyl (C=O) groups excluding carboxylic acids is 2. The average molecular weight is 130 g/mol. The highest BCUT2D eigenvalue weighted by atomic mass is 32.2. The molecule has 1 radical (unpaired) electrons. The number of hydrogen-bond donors (Lipinski definition) is 1. The zero-order valence-electron chi connectivity index (χ0n) is 4.01. The third-order valence-corrected chi connectivity index (χ3v) is 1.45. The first-order chi connectivity index (χ1) is 3.79. The molecular formula is C4H4NO2S. The van der Waals surface area contributed by atoms with Crippen LogP contribution >= 0.6 is 11.9 Å². The van der Waals surface area contributed by atoms with E-state index in [1.54, 1.807) is 0 Å². The molecular weight excluding hydrogens is 126 g/mol. The molecule has 0 saturated carbocycles. The van der Waals surface area contributed by atoms with Crippen LogP contribution in [0, 0.1) is 6.42 Å². The predicted molar refractivity (Wildman–Crippen MR) is 29.9 cm³/mol. The molecule has 0 bridgehead atoms. The van der Waals surface area contributed by atoms with Gasteiger partial charge in [0, 0.05) is 0 Å². The van der Waals surface area contributed by atoms with Crippen molar-refractivity contribution < 1.29 is 9.59 Å². The smallest absolute Gasteiger partial charge is 0.241 e. The summed E-state index contributed by atoms with van der Waals surface area (Å²) in [7, 11) is 0. The molecule has 0 spiro atoms. The maximum absolute atomic E-state index is 10.3. The lowest BCUT2D eigenvalue weighted by Crippen LogP contribution is -2.28. The molecule has 1 rings (SSSR count). The van der Waals surface area contributed by atoms with E-state index in [0.717, 1.165) is 18.4 Å². The van der Waals surface area contributed by atoms with Crippen molar-refractivity contribution in [3.05, 3.63) is 6.42 Å². The van der Waals surface area contributed by atoms with Crippen molar-refractivity contribution in [1.29, 1.82) is 0 Å². The summed E-state index contributed by atoms with van der Waals surface area (Å²) in [4.78, 5) is 20.6. The van der Waals surface area contributed by atoms with Crippen LogP contribution < -0.4 is 4.72 Å². The Hall–Kier alpha value is -0.510. The van der Waals surface area contributed by atoms with Gasteiger partial charge < -0.3 is 0 Å². The van der Waals surface area contributed by atoms with Crippen molar-refractivity contribution >= 4 is 23.6 Å². The summed E-state index contributed by atoms with van der Waals surface area (Å²) >= 11 is 1.13. The SMILES string of the molecule is O=C1[CH]C(=O)NSC1. The molecule has 1 saturated heterocycles. The Morgan fingerprint density at radius 1 is 1.62 bits per heavy atom. The van der Waals surface area contributed by atoms with Gasteiger partial charge in [0.1, 0.15) is 6.42 Å². The molecule has 0 aromatic rings. The molecule has 0 unspecified atom stereocenters. The molecule has 1 fully saturated rings. The summed E-state index contributed by atoms with van der Waals surface area (Å²) in [5, 5.41) is 0. The molecule has 0 aliphatic carbocycles. The second-order valence-electron chi connectivity index (χ2n) is 1.37. The minimum atomic E-state index is -0.300. The van der Waals surface area contributed by atoms with E-state index in [1.807, 2.05) is 0 Å². The Bertz CT molecular complexity index is 120. The first-order valence-electron chi connectivity index (χ1n) is 2.08. The Kier molecular flexibility index (Phi) is 1.53. The Morgan fingerprint density at radius 2 is 2.38 bits per heavy atom. The first kappa shape index (κ1) is 5.62. The molecule has 1 heterocycles. The third-order valence-electron chi connectivity index (χ3n) is 0.679. The summed E-state index contributed by atoms with van der Waals surface area (Å²) in [5.41, 5.74) is 0. The van der Waals surface area contributed by atoms with E-state index < -0.39 is 0 Å². The van der Waals surface area contributed by atoms with Crippen molar-refractivity contribution in [3.8, 4) is 0 Å². The highest BCUT2D eigenvalue weighted by Crippen LogP contribution is 2.02. The maximum atomic E-state index is 10.3. The molecule has 0 atom stereocenters. The van der Waals surface area contributed by atoms with Crippen molar-refractivity contribution in [1.82, 2.24) is 4.72 Å². The number of carbonyl (C=O) groups is 2. The second kappa shape index (κ2) is 2.17. The Balaban J connectivity index is 2.45. The lowest BCUT2D eigenvalue weighted by atomic mass is 10.3. The standard InChI is InChI=1S/C4H4NO2S/c6-3-1-4(7)5-8-2-3/h1H,2H2,(H,5,7). The van der Waals surface area contributed by atoms with Crippen molar-refractivity contribution in [3.63, 3.8) is 0 Å². The molecule has 1 aliphatic rings. The maximum Gasteiger partial charge on any atom is 0.241 e. The number of rotatable bonds is 0. The van der Waals surface area contributed by atoms with Crippen LogP contribution in [0.2, 0.25) is 0 Å². The lowest BCUT2D eigenvalue weighted by molar-refractivity contribution is -0.121. The van der Waals surface area contributed by atoms with Crippen LogP contribution in [0.1, 0.15) is 0 Å². The van der Waals surface area contributed by atoms with E-state index in [0.29, 0.717) is 5.75 Å². The fraction of sp³-hybridized carbons (Fsp3) is 0.250. The summed E-state index contributed by atoms with van der Waals surface area (Å²) in [6, 6.07) is 0. The van der Waals surface area contributed by atoms with Gasteiger partial charge in [0.15, 0.2) is 5.78 Å². The van der Waals surface area contributed by atoms with Gasteiger partial charge in [-0.1, -0.05) is 0 Å². The topological polar surface area (TPSA) is 46.2 Å². The largest absolute Gasteiger partial charge is 0.299 e. The summed E-state index contributed by atoms with van der Waals surface area (Å²) in [5.74, 6) is -0.0452. The van der Waals surface area contributed by atoms with E-state index in [2.05, 4.69) is 4.72 Å². The fourth-order valence-electron chi connectivity index (χ4n) is 0.396. The number of ketones is 1. The van der Waals surface area contributed by atoms with Gasteiger partial charge in [-0.3, -0.25) is 14.3 Å². The molecule has 1 N–H and O–H groups in total. The van der Waals surface area contributed by atoms with Crippen LogP contribution in [-0.4, -0.2) is 17.4 Å². The fourth-order valence-corrected chi connectivity index (χ4v) is 0.895. The third kappa shape index (κ3) is 1.23. The van der Waals surface area contributed by atoms with E-state index in [4.69, 9.17) is 0 Å². The van der Waals surface area contributed by atoms with Crippen LogP contribution in [0.5, 0.6) is 0 Å². The van der Waals surface area contributed by atoms with Gasteiger partial charge in [-0.25, -0.2) is 0 Å². The predicted octanol–water partition coefficient (Wildman–Crippen LogP) is -0.462. The molecule has 0 aromatic carbocycles. The van der Waals surface area contributed by atoms with Crippen LogP contribution in [0.25, 0.3) is 0 Å². The number of hydrogen-bond acceptors (Lipinski definition) is 3. The lowest BCUT2D eigenvalue weighted by Gasteiger charge is -2.06. The monoisotopic (exact) mass is 130 g/mol. The second-order valence-corrected chi connectivity index (χ2v) is 2.15. The van der Waals surface area contributed by atoms with Gasteiger partial charge in [0.05, 0.1) is 5.75 Å². The average Bonchev–Trinajstić information content (AvgIpc) is 1.64. The highest BCUT2D eigenvalue weighted by molar-refractivity contribution is 7.98. The quantitative estimate of drug-likeness (QED) is 0.451. The Morgan fingerprint density at radius 3 is 2.75 bits per heavy atom. The minimum absolute atomic E-state index is 0.112. The van der Waals surface area contributed by atoms with Gasteiger partial charge in [0.2, 0.25) is 5.91 Å². The van der Waals surface area contributed by atoms with Gasteiger partial charge in [0.25, 0.3) is 0 Å². The molecule has 3 nitrogen and oxygen atoms in total. The van der Waals surface area contributed by atoms with Crippen molar-refractivity contribution in [2.45, 2.75) is 0 Å². The van der Waals surface area contributed by atoms with Gasteiger partial charge in [-0.15, -0.1) is 0 Å². The van der Waals surface area contributed by atoms with Crippen molar-refractivity contribution in [2.75, 3.05) is 5.75 Å². The van der Waals surface area contributed by atoms with E-state index >= 15 is 0 Å². The normalized spacial score (nSPS) is 20.5. The number of Topliss-reactive ketones (excluding diaryl/α,β-unsaturated/α-hetero) is 1. The first-order valence-corrected chi connectivity index (χ1v) is 3.07. The van der Waals surface area contributed by atoms with Gasteiger partial charge in [-0.05, 0) is 11.9 Å². The van der Waals surface area contributed by atoms with Crippen molar-refractivity contribution in [2.24, 2.45) is 0 Å². The Labute approximate surface area is 51.0 Å². The molecule has 1 amide bonds. The van der Waals surface area contributed by atoms with Gasteiger partial charge >= 0.3 is 0 Å². The van der Waals surface area contributed by atoms with Gasteiger partial charge in [-0.2, -0.15) is 0 Å².